The monoisotopic (exact) mass is 347 g/mol. The maximum atomic E-state index is 5.71. The van der Waals surface area contributed by atoms with Crippen LogP contribution in [0.15, 0.2) is 57.7 Å². The average molecular weight is 348 g/mol. The summed E-state index contributed by atoms with van der Waals surface area (Å²) in [6.45, 7) is 0. The van der Waals surface area contributed by atoms with Crippen molar-refractivity contribution < 1.29 is 4.42 Å². The number of hydrogen-bond donors (Lipinski definition) is 1. The average Bonchev–Trinajstić information content (AvgIpc) is 2.97. The van der Waals surface area contributed by atoms with Crippen LogP contribution in [0.25, 0.3) is 11.5 Å². The second-order valence-corrected chi connectivity index (χ2v) is 5.48. The van der Waals surface area contributed by atoms with E-state index in [1.54, 1.807) is 12.4 Å². The van der Waals surface area contributed by atoms with Crippen molar-refractivity contribution in [2.75, 3.05) is 0 Å². The first-order chi connectivity index (χ1) is 9.75. The summed E-state index contributed by atoms with van der Waals surface area (Å²) in [6, 6.07) is 11.5. The molecule has 0 N–H and O–H groups in total. The molecule has 6 heteroatoms. The number of halogens is 1. The number of rotatable bonds is 3. The molecule has 2 aromatic heterocycles. The molecule has 1 unspecified atom stereocenters. The first-order valence-corrected chi connectivity index (χ1v) is 7.23. The molecule has 0 aliphatic heterocycles. The molecule has 0 bridgehead atoms. The summed E-state index contributed by atoms with van der Waals surface area (Å²) in [5, 5.41) is 7.86. The molecule has 2 heterocycles. The van der Waals surface area contributed by atoms with Crippen LogP contribution < -0.4 is 0 Å². The van der Waals surface area contributed by atoms with Crippen LogP contribution in [0.4, 0.5) is 0 Å². The number of aromatic nitrogens is 3. The third-order valence-corrected chi connectivity index (χ3v) is 3.99. The SMILES string of the molecule is SC(c1cccnc1)c1nnc(-c2ccccc2Br)o1. The molecule has 1 atom stereocenters. The molecular weight excluding hydrogens is 338 g/mol. The largest absolute Gasteiger partial charge is 0.419 e. The van der Waals surface area contributed by atoms with Crippen LogP contribution in [0.5, 0.6) is 0 Å². The van der Waals surface area contributed by atoms with E-state index in [9.17, 15) is 0 Å². The Kier molecular flexibility index (Phi) is 3.84. The lowest BCUT2D eigenvalue weighted by Crippen LogP contribution is -1.94. The quantitative estimate of drug-likeness (QED) is 0.729. The van der Waals surface area contributed by atoms with E-state index in [1.165, 1.54) is 0 Å². The molecule has 0 fully saturated rings. The summed E-state index contributed by atoms with van der Waals surface area (Å²) in [6.07, 6.45) is 3.45. The van der Waals surface area contributed by atoms with Crippen molar-refractivity contribution in [3.8, 4) is 11.5 Å². The molecule has 3 rings (SSSR count). The van der Waals surface area contributed by atoms with Gasteiger partial charge in [-0.25, -0.2) is 0 Å². The topological polar surface area (TPSA) is 51.8 Å². The number of thiol groups is 1. The zero-order chi connectivity index (χ0) is 13.9. The fourth-order valence-electron chi connectivity index (χ4n) is 1.77. The molecule has 1 aromatic carbocycles. The Labute approximate surface area is 129 Å². The molecule has 4 nitrogen and oxygen atoms in total. The number of benzene rings is 1. The van der Waals surface area contributed by atoms with Crippen molar-refractivity contribution in [2.45, 2.75) is 5.25 Å². The molecule has 0 spiro atoms. The maximum absolute atomic E-state index is 5.71. The van der Waals surface area contributed by atoms with Gasteiger partial charge in [-0.15, -0.1) is 10.2 Å². The summed E-state index contributed by atoms with van der Waals surface area (Å²) < 4.78 is 6.62. The lowest BCUT2D eigenvalue weighted by Gasteiger charge is -2.04. The Morgan fingerprint density at radius 3 is 2.70 bits per heavy atom. The first-order valence-electron chi connectivity index (χ1n) is 5.92. The molecule has 20 heavy (non-hydrogen) atoms. The number of hydrogen-bond acceptors (Lipinski definition) is 5. The second-order valence-electron chi connectivity index (χ2n) is 4.11. The zero-order valence-electron chi connectivity index (χ0n) is 10.3. The van der Waals surface area contributed by atoms with Crippen LogP contribution in [-0.2, 0) is 0 Å². The van der Waals surface area contributed by atoms with E-state index in [1.807, 2.05) is 36.4 Å². The molecule has 0 saturated heterocycles. The fourth-order valence-corrected chi connectivity index (χ4v) is 2.48. The van der Waals surface area contributed by atoms with Crippen molar-refractivity contribution in [1.29, 1.82) is 0 Å². The summed E-state index contributed by atoms with van der Waals surface area (Å²) >= 11 is 7.98. The summed E-state index contributed by atoms with van der Waals surface area (Å²) in [7, 11) is 0. The molecule has 100 valence electrons. The van der Waals surface area contributed by atoms with Gasteiger partial charge in [-0.3, -0.25) is 4.98 Å². The number of nitrogens with zero attached hydrogens (tertiary/aromatic N) is 3. The first kappa shape index (κ1) is 13.3. The standard InChI is InChI=1S/C14H10BrN3OS/c15-11-6-2-1-5-10(11)13-17-18-14(19-13)12(20)9-4-3-7-16-8-9/h1-8,12,20H. The van der Waals surface area contributed by atoms with Gasteiger partial charge in [0.15, 0.2) is 0 Å². The highest BCUT2D eigenvalue weighted by atomic mass is 79.9. The lowest BCUT2D eigenvalue weighted by atomic mass is 10.2. The minimum atomic E-state index is -0.285. The Morgan fingerprint density at radius 1 is 1.10 bits per heavy atom. The Hall–Kier alpha value is -1.66. The normalized spacial score (nSPS) is 12.3. The molecule has 0 saturated carbocycles. The molecule has 3 aromatic rings. The summed E-state index contributed by atoms with van der Waals surface area (Å²) in [5.41, 5.74) is 1.77. The minimum Gasteiger partial charge on any atom is -0.419 e. The zero-order valence-corrected chi connectivity index (χ0v) is 12.8. The molecule has 0 aliphatic carbocycles. The summed E-state index contributed by atoms with van der Waals surface area (Å²) in [4.78, 5) is 4.06. The van der Waals surface area contributed by atoms with Crippen molar-refractivity contribution in [1.82, 2.24) is 15.2 Å². The highest BCUT2D eigenvalue weighted by molar-refractivity contribution is 9.10. The molecule has 0 aliphatic rings. The second kappa shape index (κ2) is 5.76. The smallest absolute Gasteiger partial charge is 0.248 e. The Balaban J connectivity index is 1.93. The van der Waals surface area contributed by atoms with Gasteiger partial charge in [0.05, 0.1) is 5.56 Å². The van der Waals surface area contributed by atoms with Gasteiger partial charge in [-0.2, -0.15) is 12.6 Å². The van der Waals surface area contributed by atoms with E-state index in [0.717, 1.165) is 15.6 Å². The third-order valence-electron chi connectivity index (χ3n) is 2.78. The van der Waals surface area contributed by atoms with Crippen molar-refractivity contribution in [2.24, 2.45) is 0 Å². The highest BCUT2D eigenvalue weighted by Crippen LogP contribution is 2.31. The Bertz CT molecular complexity index is 717. The van der Waals surface area contributed by atoms with Crippen LogP contribution >= 0.6 is 28.6 Å². The van der Waals surface area contributed by atoms with Crippen LogP contribution in [0.2, 0.25) is 0 Å². The van der Waals surface area contributed by atoms with E-state index in [4.69, 9.17) is 4.42 Å². The van der Waals surface area contributed by atoms with Gasteiger partial charge >= 0.3 is 0 Å². The van der Waals surface area contributed by atoms with Crippen LogP contribution in [0, 0.1) is 0 Å². The third kappa shape index (κ3) is 2.62. The predicted molar refractivity (Wildman–Crippen MR) is 82.5 cm³/mol. The van der Waals surface area contributed by atoms with E-state index < -0.39 is 0 Å². The number of pyridine rings is 1. The van der Waals surface area contributed by atoms with Gasteiger partial charge in [0.2, 0.25) is 11.8 Å². The van der Waals surface area contributed by atoms with E-state index >= 15 is 0 Å². The van der Waals surface area contributed by atoms with Gasteiger partial charge in [-0.1, -0.05) is 18.2 Å². The molecular formula is C14H10BrN3OS. The van der Waals surface area contributed by atoms with Gasteiger partial charge in [0.25, 0.3) is 0 Å². The highest BCUT2D eigenvalue weighted by Gasteiger charge is 2.18. The maximum Gasteiger partial charge on any atom is 0.248 e. The van der Waals surface area contributed by atoms with E-state index in [2.05, 4.69) is 43.7 Å². The lowest BCUT2D eigenvalue weighted by molar-refractivity contribution is 0.515. The van der Waals surface area contributed by atoms with Gasteiger partial charge < -0.3 is 4.42 Å². The van der Waals surface area contributed by atoms with Crippen LogP contribution in [-0.4, -0.2) is 15.2 Å². The van der Waals surface area contributed by atoms with Crippen molar-refractivity contribution >= 4 is 28.6 Å². The van der Waals surface area contributed by atoms with Crippen molar-refractivity contribution in [3.63, 3.8) is 0 Å². The fraction of sp³-hybridized carbons (Fsp3) is 0.0714. The van der Waals surface area contributed by atoms with E-state index in [-0.39, 0.29) is 5.25 Å². The van der Waals surface area contributed by atoms with Crippen molar-refractivity contribution in [3.05, 3.63) is 64.7 Å². The predicted octanol–water partition coefficient (Wildman–Crippen LogP) is 3.91. The van der Waals surface area contributed by atoms with Crippen LogP contribution in [0.3, 0.4) is 0 Å². The molecule has 0 amide bonds. The van der Waals surface area contributed by atoms with Gasteiger partial charge in [0.1, 0.15) is 5.25 Å². The van der Waals surface area contributed by atoms with E-state index in [0.29, 0.717) is 11.8 Å². The van der Waals surface area contributed by atoms with Crippen LogP contribution in [0.1, 0.15) is 16.7 Å². The Morgan fingerprint density at radius 2 is 1.95 bits per heavy atom. The van der Waals surface area contributed by atoms with Gasteiger partial charge in [0, 0.05) is 16.9 Å². The van der Waals surface area contributed by atoms with Gasteiger partial charge in [-0.05, 0) is 39.7 Å². The molecule has 0 radical (unpaired) electrons. The summed E-state index contributed by atoms with van der Waals surface area (Å²) in [5.74, 6) is 0.919. The minimum absolute atomic E-state index is 0.285.